The quantitative estimate of drug-likeness (QED) is 0.571. The zero-order valence-corrected chi connectivity index (χ0v) is 13.0. The van der Waals surface area contributed by atoms with Crippen LogP contribution in [-0.2, 0) is 4.74 Å². The third kappa shape index (κ3) is 3.02. The summed E-state index contributed by atoms with van der Waals surface area (Å²) in [7, 11) is 0. The number of rotatable bonds is 7. The second-order valence-corrected chi connectivity index (χ2v) is 5.96. The number of aromatic nitrogens is 3. The van der Waals surface area contributed by atoms with E-state index in [2.05, 4.69) is 9.97 Å². The third-order valence-corrected chi connectivity index (χ3v) is 4.20. The van der Waals surface area contributed by atoms with E-state index >= 15 is 0 Å². The summed E-state index contributed by atoms with van der Waals surface area (Å²) in [4.78, 5) is 8.33. The molecule has 8 nitrogen and oxygen atoms in total. The van der Waals surface area contributed by atoms with Gasteiger partial charge in [0.2, 0.25) is 0 Å². The van der Waals surface area contributed by atoms with Crippen molar-refractivity contribution in [2.75, 3.05) is 18.9 Å². The molecule has 1 aliphatic carbocycles. The molecule has 0 spiro atoms. The van der Waals surface area contributed by atoms with Gasteiger partial charge in [-0.15, -0.1) is 0 Å². The van der Waals surface area contributed by atoms with Crippen molar-refractivity contribution < 1.29 is 20.1 Å². The van der Waals surface area contributed by atoms with Crippen molar-refractivity contribution in [2.45, 2.75) is 44.1 Å². The van der Waals surface area contributed by atoms with Crippen LogP contribution in [0.3, 0.4) is 0 Å². The lowest BCUT2D eigenvalue weighted by Gasteiger charge is -2.25. The molecule has 0 unspecified atom stereocenters. The highest BCUT2D eigenvalue weighted by Crippen LogP contribution is 2.45. The molecule has 1 aliphatic rings. The van der Waals surface area contributed by atoms with E-state index in [1.807, 2.05) is 6.20 Å². The van der Waals surface area contributed by atoms with Crippen molar-refractivity contribution >= 4 is 16.9 Å². The number of nitrogens with zero attached hydrogens (tertiary/aromatic N) is 3. The Morgan fingerprint density at radius 1 is 1.35 bits per heavy atom. The first-order chi connectivity index (χ1) is 11.1. The van der Waals surface area contributed by atoms with Gasteiger partial charge in [-0.05, 0) is 31.2 Å². The molecule has 2 aromatic heterocycles. The number of anilines is 1. The van der Waals surface area contributed by atoms with E-state index in [-0.39, 0.29) is 13.2 Å². The summed E-state index contributed by atoms with van der Waals surface area (Å²) in [6.45, 7) is 0.861. The second kappa shape index (κ2) is 6.40. The summed E-state index contributed by atoms with van der Waals surface area (Å²) in [6, 6.07) is 0. The minimum absolute atomic E-state index is 0.318. The largest absolute Gasteiger partial charge is 0.394 e. The number of hydrogen-bond acceptors (Lipinski definition) is 7. The molecule has 126 valence electrons. The lowest BCUT2D eigenvalue weighted by molar-refractivity contribution is -0.131. The molecule has 0 saturated heterocycles. The lowest BCUT2D eigenvalue weighted by atomic mass is 10.1. The van der Waals surface area contributed by atoms with E-state index in [0.29, 0.717) is 17.4 Å². The molecule has 0 amide bonds. The zero-order chi connectivity index (χ0) is 16.6. The summed E-state index contributed by atoms with van der Waals surface area (Å²) in [5, 5.41) is 29.5. The molecular weight excluding hydrogens is 300 g/mol. The topological polar surface area (TPSA) is 127 Å². The molecule has 23 heavy (non-hydrogen) atoms. The summed E-state index contributed by atoms with van der Waals surface area (Å²) >= 11 is 0. The first kappa shape index (κ1) is 16.1. The average Bonchev–Trinajstić information content (AvgIpc) is 3.30. The molecule has 5 N–H and O–H groups in total. The molecule has 1 fully saturated rings. The Morgan fingerprint density at radius 3 is 2.65 bits per heavy atom. The van der Waals surface area contributed by atoms with Crippen LogP contribution in [0, 0.1) is 0 Å². The van der Waals surface area contributed by atoms with E-state index in [1.165, 1.54) is 13.3 Å². The Bertz CT molecular complexity index is 683. The monoisotopic (exact) mass is 322 g/mol. The molecule has 0 aliphatic heterocycles. The maximum absolute atomic E-state index is 9.71. The lowest BCUT2D eigenvalue weighted by Crippen LogP contribution is -2.34. The SMILES string of the molecule is C[C@H](O)[C@@H](CO)O[C@H](CO)n1cc(C2CC2)c2c(N)ncnc21. The van der Waals surface area contributed by atoms with Gasteiger partial charge >= 0.3 is 0 Å². The standard InChI is InChI=1S/C15H22N4O4/c1-8(22)11(5-20)23-12(6-21)19-4-10(9-2-3-9)13-14(16)17-7-18-15(13)19/h4,7-9,11-12,20-22H,2-3,5-6H2,1H3,(H2,16,17,18)/t8-,11+,12+/m0/s1. The minimum Gasteiger partial charge on any atom is -0.394 e. The molecule has 0 bridgehead atoms. The van der Waals surface area contributed by atoms with E-state index in [1.54, 1.807) is 4.57 Å². The molecule has 3 rings (SSSR count). The molecule has 8 heteroatoms. The fraction of sp³-hybridized carbons (Fsp3) is 0.600. The average molecular weight is 322 g/mol. The number of aliphatic hydroxyl groups is 3. The first-order valence-corrected chi connectivity index (χ1v) is 7.73. The van der Waals surface area contributed by atoms with Gasteiger partial charge in [0.05, 0.1) is 24.7 Å². The Kier molecular flexibility index (Phi) is 4.49. The maximum atomic E-state index is 9.71. The van der Waals surface area contributed by atoms with Gasteiger partial charge < -0.3 is 30.4 Å². The summed E-state index contributed by atoms with van der Waals surface area (Å²) in [5.41, 5.74) is 7.64. The fourth-order valence-corrected chi connectivity index (χ4v) is 2.77. The van der Waals surface area contributed by atoms with Crippen LogP contribution in [0.1, 0.15) is 37.5 Å². The van der Waals surface area contributed by atoms with E-state index < -0.39 is 18.4 Å². The van der Waals surface area contributed by atoms with Gasteiger partial charge in [-0.1, -0.05) is 0 Å². The smallest absolute Gasteiger partial charge is 0.158 e. The van der Waals surface area contributed by atoms with Gasteiger partial charge in [0.25, 0.3) is 0 Å². The highest BCUT2D eigenvalue weighted by molar-refractivity contribution is 5.90. The normalized spacial score (nSPS) is 19.0. The predicted molar refractivity (Wildman–Crippen MR) is 83.7 cm³/mol. The molecule has 2 heterocycles. The molecular formula is C15H22N4O4. The number of nitrogens with two attached hydrogens (primary N) is 1. The van der Waals surface area contributed by atoms with Crippen LogP contribution >= 0.6 is 0 Å². The van der Waals surface area contributed by atoms with Crippen LogP contribution in [0.25, 0.3) is 11.0 Å². The maximum Gasteiger partial charge on any atom is 0.158 e. The van der Waals surface area contributed by atoms with Crippen LogP contribution in [0.2, 0.25) is 0 Å². The van der Waals surface area contributed by atoms with Gasteiger partial charge in [0, 0.05) is 6.20 Å². The predicted octanol–water partition coefficient (Wildman–Crippen LogP) is 0.140. The van der Waals surface area contributed by atoms with Crippen LogP contribution < -0.4 is 5.73 Å². The summed E-state index contributed by atoms with van der Waals surface area (Å²) in [6.07, 6.45) is 3.00. The van der Waals surface area contributed by atoms with E-state index in [4.69, 9.17) is 10.5 Å². The summed E-state index contributed by atoms with van der Waals surface area (Å²) in [5.74, 6) is 0.832. The van der Waals surface area contributed by atoms with Gasteiger partial charge in [0.15, 0.2) is 6.23 Å². The van der Waals surface area contributed by atoms with Crippen LogP contribution in [0.4, 0.5) is 5.82 Å². The van der Waals surface area contributed by atoms with Crippen molar-refractivity contribution in [3.8, 4) is 0 Å². The van der Waals surface area contributed by atoms with Crippen molar-refractivity contribution in [2.24, 2.45) is 0 Å². The van der Waals surface area contributed by atoms with Gasteiger partial charge in [-0.2, -0.15) is 0 Å². The second-order valence-electron chi connectivity index (χ2n) is 5.96. The Hall–Kier alpha value is -1.74. The number of hydrogen-bond donors (Lipinski definition) is 4. The molecule has 0 radical (unpaired) electrons. The van der Waals surface area contributed by atoms with Crippen molar-refractivity contribution in [3.05, 3.63) is 18.1 Å². The number of aliphatic hydroxyl groups excluding tert-OH is 3. The molecule has 0 aromatic carbocycles. The minimum atomic E-state index is -0.863. The highest BCUT2D eigenvalue weighted by atomic mass is 16.5. The van der Waals surface area contributed by atoms with Crippen LogP contribution in [0.5, 0.6) is 0 Å². The third-order valence-electron chi connectivity index (χ3n) is 4.20. The van der Waals surface area contributed by atoms with Crippen molar-refractivity contribution in [1.82, 2.24) is 14.5 Å². The summed E-state index contributed by atoms with van der Waals surface area (Å²) < 4.78 is 7.37. The Balaban J connectivity index is 2.02. The van der Waals surface area contributed by atoms with Gasteiger partial charge in [-0.3, -0.25) is 0 Å². The Labute approximate surface area is 133 Å². The highest BCUT2D eigenvalue weighted by Gasteiger charge is 2.31. The Morgan fingerprint density at radius 2 is 2.09 bits per heavy atom. The molecule has 2 aromatic rings. The first-order valence-electron chi connectivity index (χ1n) is 7.73. The number of nitrogen functional groups attached to an aromatic ring is 1. The molecule has 3 atom stereocenters. The fourth-order valence-electron chi connectivity index (χ4n) is 2.77. The van der Waals surface area contributed by atoms with Gasteiger partial charge in [-0.25, -0.2) is 9.97 Å². The number of fused-ring (bicyclic) bond motifs is 1. The van der Waals surface area contributed by atoms with Crippen molar-refractivity contribution in [3.63, 3.8) is 0 Å². The molecule has 1 saturated carbocycles. The van der Waals surface area contributed by atoms with Crippen LogP contribution in [0.15, 0.2) is 12.5 Å². The van der Waals surface area contributed by atoms with Gasteiger partial charge in [0.1, 0.15) is 23.9 Å². The van der Waals surface area contributed by atoms with E-state index in [9.17, 15) is 15.3 Å². The van der Waals surface area contributed by atoms with Crippen molar-refractivity contribution in [1.29, 1.82) is 0 Å². The van der Waals surface area contributed by atoms with Crippen LogP contribution in [-0.4, -0.2) is 55.3 Å². The number of ether oxygens (including phenoxy) is 1. The zero-order valence-electron chi connectivity index (χ0n) is 13.0. The van der Waals surface area contributed by atoms with E-state index in [0.717, 1.165) is 23.8 Å².